The van der Waals surface area contributed by atoms with Gasteiger partial charge in [-0.3, -0.25) is 0 Å². The summed E-state index contributed by atoms with van der Waals surface area (Å²) in [5.41, 5.74) is 2.23. The van der Waals surface area contributed by atoms with Crippen molar-refractivity contribution in [1.82, 2.24) is 9.55 Å². The summed E-state index contributed by atoms with van der Waals surface area (Å²) >= 11 is 0. The Morgan fingerprint density at radius 2 is 2.28 bits per heavy atom. The molecule has 0 saturated heterocycles. The summed E-state index contributed by atoms with van der Waals surface area (Å²) in [5, 5.41) is 9.07. The van der Waals surface area contributed by atoms with Gasteiger partial charge < -0.3 is 9.67 Å². The molecule has 18 heavy (non-hydrogen) atoms. The van der Waals surface area contributed by atoms with Crippen molar-refractivity contribution in [3.05, 3.63) is 29.6 Å². The van der Waals surface area contributed by atoms with Crippen LogP contribution in [0.5, 0.6) is 0 Å². The first-order valence-electron chi connectivity index (χ1n) is 6.45. The smallest absolute Gasteiger partial charge is 0.335 e. The van der Waals surface area contributed by atoms with E-state index in [2.05, 4.69) is 16.5 Å². The van der Waals surface area contributed by atoms with Crippen LogP contribution < -0.4 is 0 Å². The molecule has 1 saturated carbocycles. The van der Waals surface area contributed by atoms with Crippen molar-refractivity contribution in [2.75, 3.05) is 0 Å². The number of carboxylic acid groups (broad SMARTS) is 1. The number of benzene rings is 1. The van der Waals surface area contributed by atoms with Crippen LogP contribution in [-0.4, -0.2) is 20.6 Å². The fourth-order valence-corrected chi connectivity index (χ4v) is 2.42. The largest absolute Gasteiger partial charge is 0.478 e. The first-order chi connectivity index (χ1) is 8.70. The SMILES string of the molecule is CCCc1nc2ccc(C(=O)O)cc2n1C1CC1. The molecule has 0 aliphatic heterocycles. The molecule has 2 aromatic rings. The van der Waals surface area contributed by atoms with Gasteiger partial charge in [-0.1, -0.05) is 6.92 Å². The standard InChI is InChI=1S/C14H16N2O2/c1-2-3-13-15-11-7-4-9(14(17)18)8-12(11)16(13)10-5-6-10/h4,7-8,10H,2-3,5-6H2,1H3,(H,17,18). The second-order valence-electron chi connectivity index (χ2n) is 4.89. The van der Waals surface area contributed by atoms with Crippen LogP contribution in [0.2, 0.25) is 0 Å². The number of hydrogen-bond donors (Lipinski definition) is 1. The van der Waals surface area contributed by atoms with Crippen LogP contribution in [0.3, 0.4) is 0 Å². The molecule has 94 valence electrons. The highest BCUT2D eigenvalue weighted by Gasteiger charge is 2.28. The van der Waals surface area contributed by atoms with Crippen LogP contribution in [-0.2, 0) is 6.42 Å². The number of fused-ring (bicyclic) bond motifs is 1. The van der Waals surface area contributed by atoms with Crippen LogP contribution in [0.15, 0.2) is 18.2 Å². The molecule has 3 rings (SSSR count). The van der Waals surface area contributed by atoms with Gasteiger partial charge in [-0.2, -0.15) is 0 Å². The van der Waals surface area contributed by atoms with E-state index in [1.807, 2.05) is 6.07 Å². The minimum absolute atomic E-state index is 0.340. The van der Waals surface area contributed by atoms with Crippen LogP contribution in [0.25, 0.3) is 11.0 Å². The molecule has 1 fully saturated rings. The molecule has 1 aliphatic rings. The third-order valence-electron chi connectivity index (χ3n) is 3.40. The number of nitrogens with zero attached hydrogens (tertiary/aromatic N) is 2. The van der Waals surface area contributed by atoms with Crippen molar-refractivity contribution < 1.29 is 9.90 Å². The van der Waals surface area contributed by atoms with Crippen LogP contribution >= 0.6 is 0 Å². The molecule has 4 nitrogen and oxygen atoms in total. The van der Waals surface area contributed by atoms with E-state index in [9.17, 15) is 4.79 Å². The van der Waals surface area contributed by atoms with Gasteiger partial charge in [-0.25, -0.2) is 9.78 Å². The highest BCUT2D eigenvalue weighted by Crippen LogP contribution is 2.39. The maximum atomic E-state index is 11.0. The number of aromatic carboxylic acids is 1. The molecule has 0 amide bonds. The predicted molar refractivity (Wildman–Crippen MR) is 69.0 cm³/mol. The van der Waals surface area contributed by atoms with Gasteiger partial charge in [0.05, 0.1) is 16.6 Å². The highest BCUT2D eigenvalue weighted by molar-refractivity contribution is 5.92. The zero-order chi connectivity index (χ0) is 12.7. The summed E-state index contributed by atoms with van der Waals surface area (Å²) < 4.78 is 2.24. The molecule has 0 bridgehead atoms. The summed E-state index contributed by atoms with van der Waals surface area (Å²) in [5.74, 6) is 0.218. The molecule has 1 aromatic heterocycles. The van der Waals surface area contributed by atoms with Gasteiger partial charge in [0, 0.05) is 12.5 Å². The molecule has 1 aliphatic carbocycles. The second-order valence-corrected chi connectivity index (χ2v) is 4.89. The summed E-state index contributed by atoms with van der Waals surface area (Å²) in [6, 6.07) is 5.73. The van der Waals surface area contributed by atoms with Crippen LogP contribution in [0, 0.1) is 0 Å². The lowest BCUT2D eigenvalue weighted by Crippen LogP contribution is -2.02. The lowest BCUT2D eigenvalue weighted by atomic mass is 10.2. The van der Waals surface area contributed by atoms with Crippen molar-refractivity contribution in [2.24, 2.45) is 0 Å². The summed E-state index contributed by atoms with van der Waals surface area (Å²) in [7, 11) is 0. The molecule has 0 unspecified atom stereocenters. The van der Waals surface area contributed by atoms with Gasteiger partial charge in [0.1, 0.15) is 5.82 Å². The zero-order valence-electron chi connectivity index (χ0n) is 10.4. The van der Waals surface area contributed by atoms with Gasteiger partial charge in [0.25, 0.3) is 0 Å². The molecular weight excluding hydrogens is 228 g/mol. The molecular formula is C14H16N2O2. The number of aryl methyl sites for hydroxylation is 1. The number of carboxylic acids is 1. The quantitative estimate of drug-likeness (QED) is 0.899. The Labute approximate surface area is 105 Å². The zero-order valence-corrected chi connectivity index (χ0v) is 10.4. The third kappa shape index (κ3) is 1.78. The number of carbonyl (C=O) groups is 1. The second kappa shape index (κ2) is 4.12. The van der Waals surface area contributed by atoms with E-state index in [4.69, 9.17) is 5.11 Å². The summed E-state index contributed by atoms with van der Waals surface area (Å²) in [6.45, 7) is 2.14. The van der Waals surface area contributed by atoms with Crippen molar-refractivity contribution in [2.45, 2.75) is 38.6 Å². The fourth-order valence-electron chi connectivity index (χ4n) is 2.42. The number of aromatic nitrogens is 2. The van der Waals surface area contributed by atoms with E-state index >= 15 is 0 Å². The Bertz CT molecular complexity index is 612. The predicted octanol–water partition coefficient (Wildman–Crippen LogP) is 3.02. The van der Waals surface area contributed by atoms with Gasteiger partial charge >= 0.3 is 5.97 Å². The van der Waals surface area contributed by atoms with Crippen LogP contribution in [0.1, 0.15) is 48.4 Å². The first-order valence-corrected chi connectivity index (χ1v) is 6.45. The monoisotopic (exact) mass is 244 g/mol. The Hall–Kier alpha value is -1.84. The van der Waals surface area contributed by atoms with Crippen molar-refractivity contribution in [3.63, 3.8) is 0 Å². The summed E-state index contributed by atoms with van der Waals surface area (Å²) in [4.78, 5) is 15.7. The maximum Gasteiger partial charge on any atom is 0.335 e. The summed E-state index contributed by atoms with van der Waals surface area (Å²) in [6.07, 6.45) is 4.37. The number of imidazole rings is 1. The van der Waals surface area contributed by atoms with E-state index in [1.54, 1.807) is 12.1 Å². The average molecular weight is 244 g/mol. The molecule has 0 spiro atoms. The van der Waals surface area contributed by atoms with Gasteiger partial charge in [-0.05, 0) is 37.5 Å². The van der Waals surface area contributed by atoms with E-state index in [1.165, 1.54) is 12.8 Å². The molecule has 0 radical (unpaired) electrons. The van der Waals surface area contributed by atoms with E-state index in [0.29, 0.717) is 11.6 Å². The lowest BCUT2D eigenvalue weighted by Gasteiger charge is -2.06. The van der Waals surface area contributed by atoms with E-state index < -0.39 is 5.97 Å². The van der Waals surface area contributed by atoms with Gasteiger partial charge in [0.15, 0.2) is 0 Å². The Morgan fingerprint density at radius 1 is 1.50 bits per heavy atom. The fraction of sp³-hybridized carbons (Fsp3) is 0.429. The third-order valence-corrected chi connectivity index (χ3v) is 3.40. The number of hydrogen-bond acceptors (Lipinski definition) is 2. The molecule has 1 aromatic carbocycles. The molecule has 0 atom stereocenters. The normalized spacial score (nSPS) is 15.2. The van der Waals surface area contributed by atoms with E-state index in [0.717, 1.165) is 29.7 Å². The van der Waals surface area contributed by atoms with Gasteiger partial charge in [0.2, 0.25) is 0 Å². The molecule has 1 N–H and O–H groups in total. The Balaban J connectivity index is 2.19. The number of rotatable bonds is 4. The average Bonchev–Trinajstić information content (AvgIpc) is 3.11. The van der Waals surface area contributed by atoms with Gasteiger partial charge in [-0.15, -0.1) is 0 Å². The highest BCUT2D eigenvalue weighted by atomic mass is 16.4. The first kappa shape index (κ1) is 11.3. The van der Waals surface area contributed by atoms with Crippen molar-refractivity contribution in [1.29, 1.82) is 0 Å². The Kier molecular flexibility index (Phi) is 2.58. The minimum atomic E-state index is -0.877. The molecule has 4 heteroatoms. The maximum absolute atomic E-state index is 11.0. The molecule has 1 heterocycles. The topological polar surface area (TPSA) is 55.1 Å². The Morgan fingerprint density at radius 3 is 2.89 bits per heavy atom. The van der Waals surface area contributed by atoms with Crippen LogP contribution in [0.4, 0.5) is 0 Å². The van der Waals surface area contributed by atoms with Crippen molar-refractivity contribution >= 4 is 17.0 Å². The van der Waals surface area contributed by atoms with Crippen molar-refractivity contribution in [3.8, 4) is 0 Å². The lowest BCUT2D eigenvalue weighted by molar-refractivity contribution is 0.0697. The van der Waals surface area contributed by atoms with E-state index in [-0.39, 0.29) is 0 Å². The minimum Gasteiger partial charge on any atom is -0.478 e.